The summed E-state index contributed by atoms with van der Waals surface area (Å²) in [6, 6.07) is 17.2. The lowest BCUT2D eigenvalue weighted by molar-refractivity contribution is 0.323. The van der Waals surface area contributed by atoms with Gasteiger partial charge in [-0.3, -0.25) is 4.72 Å². The van der Waals surface area contributed by atoms with E-state index in [9.17, 15) is 8.42 Å². The number of ether oxygens (including phenoxy) is 1. The van der Waals surface area contributed by atoms with Gasteiger partial charge in [-0.15, -0.1) is 10.2 Å². The number of nitrogens with one attached hydrogen (secondary N) is 1. The fraction of sp³-hybridized carbons (Fsp3) is 0.111. The van der Waals surface area contributed by atoms with Gasteiger partial charge in [0.05, 0.1) is 17.2 Å². The molecule has 3 rings (SSSR count). The molecule has 0 atom stereocenters. The van der Waals surface area contributed by atoms with E-state index in [1.54, 1.807) is 54.6 Å². The van der Waals surface area contributed by atoms with Gasteiger partial charge in [-0.05, 0) is 72.0 Å². The number of hydrogen-bond acceptors (Lipinski definition) is 5. The molecule has 1 N–H and O–H groups in total. The first-order valence-corrected chi connectivity index (χ1v) is 10.4. The van der Waals surface area contributed by atoms with Gasteiger partial charge >= 0.3 is 0 Å². The third-order valence-electron chi connectivity index (χ3n) is 3.49. The molecule has 0 aliphatic rings. The molecule has 3 aromatic rings. The number of sulfonamides is 1. The second-order valence-electron chi connectivity index (χ2n) is 5.33. The fourth-order valence-electron chi connectivity index (χ4n) is 2.24. The molecule has 0 fully saturated rings. The van der Waals surface area contributed by atoms with E-state index < -0.39 is 10.0 Å². The maximum atomic E-state index is 12.4. The zero-order valence-corrected chi connectivity index (χ0v) is 16.9. The van der Waals surface area contributed by atoms with Crippen LogP contribution in [0.25, 0.3) is 11.3 Å². The molecule has 0 saturated heterocycles. The van der Waals surface area contributed by atoms with Gasteiger partial charge in [0.25, 0.3) is 10.0 Å². The number of nitrogens with zero attached hydrogens (tertiary/aromatic N) is 2. The monoisotopic (exact) mass is 481 g/mol. The highest BCUT2D eigenvalue weighted by Crippen LogP contribution is 2.22. The van der Waals surface area contributed by atoms with E-state index in [0.717, 1.165) is 9.13 Å². The van der Waals surface area contributed by atoms with Crippen LogP contribution in [0.4, 0.5) is 5.69 Å². The Bertz CT molecular complexity index is 974. The second-order valence-corrected chi connectivity index (χ2v) is 8.25. The lowest BCUT2D eigenvalue weighted by Gasteiger charge is -2.09. The summed E-state index contributed by atoms with van der Waals surface area (Å²) < 4.78 is 33.6. The Kier molecular flexibility index (Phi) is 5.72. The molecule has 0 saturated carbocycles. The summed E-state index contributed by atoms with van der Waals surface area (Å²) in [5, 5.41) is 8.10. The van der Waals surface area contributed by atoms with Crippen molar-refractivity contribution in [3.63, 3.8) is 0 Å². The van der Waals surface area contributed by atoms with E-state index in [0.29, 0.717) is 23.9 Å². The van der Waals surface area contributed by atoms with E-state index in [1.165, 1.54) is 0 Å². The Morgan fingerprint density at radius 2 is 1.65 bits per heavy atom. The fourth-order valence-corrected chi connectivity index (χ4v) is 3.65. The van der Waals surface area contributed by atoms with Crippen LogP contribution in [-0.2, 0) is 10.0 Å². The predicted octanol–water partition coefficient (Wildman–Crippen LogP) is 3.95. The van der Waals surface area contributed by atoms with E-state index >= 15 is 0 Å². The quantitative estimate of drug-likeness (QED) is 0.540. The van der Waals surface area contributed by atoms with Crippen molar-refractivity contribution < 1.29 is 13.2 Å². The molecule has 0 bridgehead atoms. The van der Waals surface area contributed by atoms with Crippen LogP contribution in [-0.4, -0.2) is 25.2 Å². The molecule has 134 valence electrons. The van der Waals surface area contributed by atoms with Crippen molar-refractivity contribution in [2.24, 2.45) is 0 Å². The van der Waals surface area contributed by atoms with Crippen molar-refractivity contribution in [1.82, 2.24) is 10.2 Å². The van der Waals surface area contributed by atoms with Crippen molar-refractivity contribution in [2.45, 2.75) is 11.8 Å². The zero-order chi connectivity index (χ0) is 18.6. The van der Waals surface area contributed by atoms with Crippen LogP contribution in [0.1, 0.15) is 6.92 Å². The van der Waals surface area contributed by atoms with Crippen LogP contribution in [0.2, 0.25) is 0 Å². The average Bonchev–Trinajstić information content (AvgIpc) is 2.63. The summed E-state index contributed by atoms with van der Waals surface area (Å²) >= 11 is 2.13. The van der Waals surface area contributed by atoms with Crippen molar-refractivity contribution >= 4 is 38.3 Å². The first-order chi connectivity index (χ1) is 12.5. The van der Waals surface area contributed by atoms with Crippen LogP contribution < -0.4 is 9.46 Å². The highest BCUT2D eigenvalue weighted by Gasteiger charge is 2.14. The average molecular weight is 481 g/mol. The Balaban J connectivity index is 1.76. The number of anilines is 1. The normalized spacial score (nSPS) is 11.2. The minimum absolute atomic E-state index is 0.222. The Labute approximate surface area is 165 Å². The van der Waals surface area contributed by atoms with E-state index in [-0.39, 0.29) is 4.90 Å². The zero-order valence-electron chi connectivity index (χ0n) is 13.9. The molecule has 0 spiro atoms. The molecular weight excluding hydrogens is 465 g/mol. The maximum absolute atomic E-state index is 12.4. The lowest BCUT2D eigenvalue weighted by Crippen LogP contribution is -2.12. The number of halogens is 1. The molecule has 0 unspecified atom stereocenters. The molecule has 0 aliphatic heterocycles. The van der Waals surface area contributed by atoms with Gasteiger partial charge in [-0.1, -0.05) is 12.1 Å². The van der Waals surface area contributed by atoms with Crippen molar-refractivity contribution in [3.05, 3.63) is 64.2 Å². The van der Waals surface area contributed by atoms with Gasteiger partial charge in [0.15, 0.2) is 0 Å². The molecule has 26 heavy (non-hydrogen) atoms. The van der Waals surface area contributed by atoms with Crippen molar-refractivity contribution in [1.29, 1.82) is 0 Å². The topological polar surface area (TPSA) is 81.2 Å². The molecule has 2 aromatic carbocycles. The third kappa shape index (κ3) is 4.50. The molecule has 1 aromatic heterocycles. The number of hydrogen-bond donors (Lipinski definition) is 1. The van der Waals surface area contributed by atoms with Crippen LogP contribution in [0.5, 0.6) is 5.88 Å². The Hall–Kier alpha value is -2.20. The highest BCUT2D eigenvalue weighted by molar-refractivity contribution is 14.1. The molecule has 1 heterocycles. The predicted molar refractivity (Wildman–Crippen MR) is 109 cm³/mol. The van der Waals surface area contributed by atoms with Gasteiger partial charge < -0.3 is 4.74 Å². The summed E-state index contributed by atoms with van der Waals surface area (Å²) in [4.78, 5) is 0.222. The standard InChI is InChI=1S/C18H16IN3O3S/c1-2-25-18-12-11-17(20-21-18)13-3-7-15(8-4-13)22-26(23,24)16-9-5-14(19)6-10-16/h3-12,22H,2H2,1H3. The molecule has 6 nitrogen and oxygen atoms in total. The van der Waals surface area contributed by atoms with E-state index in [4.69, 9.17) is 4.74 Å². The van der Waals surface area contributed by atoms with Gasteiger partial charge in [-0.2, -0.15) is 0 Å². The van der Waals surface area contributed by atoms with Crippen LogP contribution in [0.15, 0.2) is 65.6 Å². The first kappa shape index (κ1) is 18.6. The van der Waals surface area contributed by atoms with Crippen LogP contribution >= 0.6 is 22.6 Å². The molecule has 0 amide bonds. The molecular formula is C18H16IN3O3S. The summed E-state index contributed by atoms with van der Waals surface area (Å²) in [5.41, 5.74) is 1.99. The van der Waals surface area contributed by atoms with Gasteiger partial charge in [0.1, 0.15) is 0 Å². The number of aromatic nitrogens is 2. The lowest BCUT2D eigenvalue weighted by atomic mass is 10.1. The summed E-state index contributed by atoms with van der Waals surface area (Å²) in [6.07, 6.45) is 0. The van der Waals surface area contributed by atoms with E-state index in [1.807, 2.05) is 13.0 Å². The van der Waals surface area contributed by atoms with Crippen LogP contribution in [0, 0.1) is 3.57 Å². The van der Waals surface area contributed by atoms with Gasteiger partial charge in [-0.25, -0.2) is 8.42 Å². The smallest absolute Gasteiger partial charge is 0.261 e. The Morgan fingerprint density at radius 3 is 2.23 bits per heavy atom. The molecule has 0 aliphatic carbocycles. The summed E-state index contributed by atoms with van der Waals surface area (Å²) in [6.45, 7) is 2.41. The SMILES string of the molecule is CCOc1ccc(-c2ccc(NS(=O)(=O)c3ccc(I)cc3)cc2)nn1. The third-order valence-corrected chi connectivity index (χ3v) is 5.61. The number of benzene rings is 2. The Morgan fingerprint density at radius 1 is 0.962 bits per heavy atom. The second kappa shape index (κ2) is 8.00. The largest absolute Gasteiger partial charge is 0.477 e. The first-order valence-electron chi connectivity index (χ1n) is 7.83. The summed E-state index contributed by atoms with van der Waals surface area (Å²) in [7, 11) is -3.62. The molecule has 8 heteroatoms. The minimum atomic E-state index is -3.62. The maximum Gasteiger partial charge on any atom is 0.261 e. The number of rotatable bonds is 6. The van der Waals surface area contributed by atoms with Crippen LogP contribution in [0.3, 0.4) is 0 Å². The van der Waals surface area contributed by atoms with Crippen molar-refractivity contribution in [3.8, 4) is 17.1 Å². The van der Waals surface area contributed by atoms with Gasteiger partial charge in [0, 0.05) is 20.9 Å². The van der Waals surface area contributed by atoms with Gasteiger partial charge in [0.2, 0.25) is 5.88 Å². The highest BCUT2D eigenvalue weighted by atomic mass is 127. The van der Waals surface area contributed by atoms with E-state index in [2.05, 4.69) is 37.5 Å². The summed E-state index contributed by atoms with van der Waals surface area (Å²) in [5.74, 6) is 0.471. The molecule has 0 radical (unpaired) electrons. The van der Waals surface area contributed by atoms with Crippen molar-refractivity contribution in [2.75, 3.05) is 11.3 Å². The minimum Gasteiger partial charge on any atom is -0.477 e.